The number of carbonyl (C=O) groups is 2. The first kappa shape index (κ1) is 20.0. The summed E-state index contributed by atoms with van der Waals surface area (Å²) in [4.78, 5) is 34.6. The molecule has 0 saturated carbocycles. The molecule has 11 heteroatoms. The summed E-state index contributed by atoms with van der Waals surface area (Å²) in [6.07, 6.45) is 0. The Labute approximate surface area is 169 Å². The molecule has 0 saturated heterocycles. The fourth-order valence-corrected chi connectivity index (χ4v) is 2.36. The number of rotatable bonds is 6. The minimum Gasteiger partial charge on any atom is -0.403 e. The highest BCUT2D eigenvalue weighted by atomic mass is 35.5. The van der Waals surface area contributed by atoms with Gasteiger partial charge in [-0.05, 0) is 31.2 Å². The zero-order valence-corrected chi connectivity index (χ0v) is 15.7. The van der Waals surface area contributed by atoms with Gasteiger partial charge in [-0.2, -0.15) is 0 Å². The number of amides is 2. The predicted molar refractivity (Wildman–Crippen MR) is 105 cm³/mol. The number of hydrogen-bond acceptors (Lipinski definition) is 7. The van der Waals surface area contributed by atoms with Gasteiger partial charge in [0.15, 0.2) is 0 Å². The van der Waals surface area contributed by atoms with Crippen molar-refractivity contribution >= 4 is 40.8 Å². The minimum absolute atomic E-state index is 0.0766. The molecule has 0 aliphatic heterocycles. The second-order valence-corrected chi connectivity index (χ2v) is 6.48. The topological polar surface area (TPSA) is 140 Å². The number of carbonyl (C=O) groups excluding carboxylic acids is 2. The van der Waals surface area contributed by atoms with E-state index in [4.69, 9.17) is 16.0 Å². The average molecular weight is 416 g/mol. The molecule has 1 heterocycles. The number of nitro groups is 1. The maximum Gasteiger partial charge on any atom is 0.322 e. The number of anilines is 2. The van der Waals surface area contributed by atoms with Crippen LogP contribution >= 0.6 is 11.6 Å². The van der Waals surface area contributed by atoms with Crippen molar-refractivity contribution < 1.29 is 18.9 Å². The van der Waals surface area contributed by atoms with Crippen LogP contribution in [0.25, 0.3) is 11.5 Å². The first-order valence-electron chi connectivity index (χ1n) is 8.29. The van der Waals surface area contributed by atoms with Gasteiger partial charge < -0.3 is 9.73 Å². The molecule has 29 heavy (non-hydrogen) atoms. The minimum atomic E-state index is -0.772. The molecule has 3 rings (SSSR count). The van der Waals surface area contributed by atoms with E-state index in [0.717, 1.165) is 0 Å². The summed E-state index contributed by atoms with van der Waals surface area (Å²) in [6.45, 7) is 1.51. The van der Waals surface area contributed by atoms with E-state index in [0.29, 0.717) is 5.56 Å². The molecule has 0 spiro atoms. The number of hydrogen-bond donors (Lipinski definition) is 2. The van der Waals surface area contributed by atoms with Crippen molar-refractivity contribution in [3.05, 3.63) is 64.2 Å². The molecule has 2 N–H and O–H groups in total. The Morgan fingerprint density at radius 2 is 1.79 bits per heavy atom. The van der Waals surface area contributed by atoms with E-state index in [1.807, 2.05) is 0 Å². The summed E-state index contributed by atoms with van der Waals surface area (Å²) < 4.78 is 5.39. The third kappa shape index (κ3) is 4.74. The van der Waals surface area contributed by atoms with Crippen molar-refractivity contribution in [1.29, 1.82) is 0 Å². The summed E-state index contributed by atoms with van der Waals surface area (Å²) in [5.41, 5.74) is 0.824. The molecular weight excluding hydrogens is 402 g/mol. The van der Waals surface area contributed by atoms with E-state index < -0.39 is 22.1 Å². The van der Waals surface area contributed by atoms with Crippen LogP contribution in [-0.4, -0.2) is 32.3 Å². The molecule has 0 fully saturated rings. The molecule has 1 atom stereocenters. The Kier molecular flexibility index (Phi) is 5.84. The maximum absolute atomic E-state index is 12.6. The lowest BCUT2D eigenvalue weighted by Crippen LogP contribution is -2.23. The lowest BCUT2D eigenvalue weighted by atomic mass is 10.1. The predicted octanol–water partition coefficient (Wildman–Crippen LogP) is 3.46. The molecule has 0 unspecified atom stereocenters. The first-order valence-corrected chi connectivity index (χ1v) is 8.72. The SMILES string of the molecule is C[C@H](Cl)C(=O)Nc1ccccc1C(=O)Nc1nnc(-c2ccc([N+](=O)[O-])cc2)o1. The summed E-state index contributed by atoms with van der Waals surface area (Å²) >= 11 is 5.74. The third-order valence-electron chi connectivity index (χ3n) is 3.76. The monoisotopic (exact) mass is 415 g/mol. The molecule has 0 aliphatic carbocycles. The van der Waals surface area contributed by atoms with Crippen molar-refractivity contribution in [1.82, 2.24) is 10.2 Å². The lowest BCUT2D eigenvalue weighted by molar-refractivity contribution is -0.384. The number of aromatic nitrogens is 2. The maximum atomic E-state index is 12.6. The van der Waals surface area contributed by atoms with Crippen LogP contribution in [0.4, 0.5) is 17.4 Å². The van der Waals surface area contributed by atoms with E-state index in [1.54, 1.807) is 18.2 Å². The van der Waals surface area contributed by atoms with Gasteiger partial charge in [0.1, 0.15) is 5.38 Å². The van der Waals surface area contributed by atoms with Gasteiger partial charge in [0.25, 0.3) is 11.6 Å². The van der Waals surface area contributed by atoms with Crippen LogP contribution in [0.15, 0.2) is 52.9 Å². The number of non-ortho nitro benzene ring substituents is 1. The van der Waals surface area contributed by atoms with Crippen LogP contribution < -0.4 is 10.6 Å². The van der Waals surface area contributed by atoms with Crippen LogP contribution in [0, 0.1) is 10.1 Å². The normalized spacial score (nSPS) is 11.5. The second-order valence-electron chi connectivity index (χ2n) is 5.82. The highest BCUT2D eigenvalue weighted by Gasteiger charge is 2.18. The Morgan fingerprint density at radius 3 is 2.45 bits per heavy atom. The summed E-state index contributed by atoms with van der Waals surface area (Å²) in [5.74, 6) is -0.958. The van der Waals surface area contributed by atoms with Gasteiger partial charge in [0, 0.05) is 17.7 Å². The van der Waals surface area contributed by atoms with E-state index >= 15 is 0 Å². The fourth-order valence-electron chi connectivity index (χ4n) is 2.30. The molecule has 0 radical (unpaired) electrons. The number of benzene rings is 2. The van der Waals surface area contributed by atoms with E-state index in [9.17, 15) is 19.7 Å². The van der Waals surface area contributed by atoms with Gasteiger partial charge in [0.05, 0.1) is 16.2 Å². The van der Waals surface area contributed by atoms with E-state index in [-0.39, 0.29) is 28.8 Å². The molecule has 0 bridgehead atoms. The Balaban J connectivity index is 1.76. The van der Waals surface area contributed by atoms with E-state index in [1.165, 1.54) is 37.3 Å². The lowest BCUT2D eigenvalue weighted by Gasteiger charge is -2.10. The number of halogens is 1. The molecule has 10 nitrogen and oxygen atoms in total. The van der Waals surface area contributed by atoms with Crippen molar-refractivity contribution in [2.75, 3.05) is 10.6 Å². The number of alkyl halides is 1. The number of nitrogens with zero attached hydrogens (tertiary/aromatic N) is 3. The molecule has 1 aromatic heterocycles. The van der Waals surface area contributed by atoms with Crippen LogP contribution in [0.3, 0.4) is 0 Å². The number of para-hydroxylation sites is 1. The smallest absolute Gasteiger partial charge is 0.322 e. The fraction of sp³-hybridized carbons (Fsp3) is 0.111. The van der Waals surface area contributed by atoms with Crippen molar-refractivity contribution in [3.63, 3.8) is 0 Å². The van der Waals surface area contributed by atoms with Crippen LogP contribution in [0.1, 0.15) is 17.3 Å². The first-order chi connectivity index (χ1) is 13.8. The van der Waals surface area contributed by atoms with Crippen molar-refractivity contribution in [2.24, 2.45) is 0 Å². The second kappa shape index (κ2) is 8.48. The molecule has 2 amide bonds. The molecule has 2 aromatic carbocycles. The molecular formula is C18H14ClN5O5. The Bertz CT molecular complexity index is 1060. The van der Waals surface area contributed by atoms with Crippen LogP contribution in [0.2, 0.25) is 0 Å². The van der Waals surface area contributed by atoms with Gasteiger partial charge in [0.2, 0.25) is 11.8 Å². The Morgan fingerprint density at radius 1 is 1.10 bits per heavy atom. The third-order valence-corrected chi connectivity index (χ3v) is 3.96. The van der Waals surface area contributed by atoms with Gasteiger partial charge in [-0.3, -0.25) is 25.0 Å². The number of nitrogens with one attached hydrogen (secondary N) is 2. The zero-order chi connectivity index (χ0) is 21.0. The van der Waals surface area contributed by atoms with E-state index in [2.05, 4.69) is 20.8 Å². The largest absolute Gasteiger partial charge is 0.403 e. The van der Waals surface area contributed by atoms with Crippen LogP contribution in [0.5, 0.6) is 0 Å². The Hall–Kier alpha value is -3.79. The molecule has 148 valence electrons. The highest BCUT2D eigenvalue weighted by Crippen LogP contribution is 2.23. The van der Waals surface area contributed by atoms with Crippen molar-refractivity contribution in [2.45, 2.75) is 12.3 Å². The summed E-state index contributed by atoms with van der Waals surface area (Å²) in [7, 11) is 0. The highest BCUT2D eigenvalue weighted by molar-refractivity contribution is 6.32. The van der Waals surface area contributed by atoms with Gasteiger partial charge in [-0.1, -0.05) is 17.2 Å². The standard InChI is InChI=1S/C18H14ClN5O5/c1-10(19)15(25)20-14-5-3-2-4-13(14)16(26)21-18-23-22-17(29-18)11-6-8-12(9-7-11)24(27)28/h2-10H,1H3,(H,20,25)(H,21,23,26)/t10-/m0/s1. The average Bonchev–Trinajstić information content (AvgIpc) is 3.16. The van der Waals surface area contributed by atoms with Crippen molar-refractivity contribution in [3.8, 4) is 11.5 Å². The summed E-state index contributed by atoms with van der Waals surface area (Å²) in [6, 6.07) is 11.7. The molecule has 0 aliphatic rings. The zero-order valence-electron chi connectivity index (χ0n) is 15.0. The number of nitro benzene ring substituents is 1. The van der Waals surface area contributed by atoms with Gasteiger partial charge in [-0.25, -0.2) is 0 Å². The van der Waals surface area contributed by atoms with Gasteiger partial charge >= 0.3 is 6.01 Å². The summed E-state index contributed by atoms with van der Waals surface area (Å²) in [5, 5.41) is 22.5. The van der Waals surface area contributed by atoms with Gasteiger partial charge in [-0.15, -0.1) is 16.7 Å². The van der Waals surface area contributed by atoms with Crippen LogP contribution in [-0.2, 0) is 4.79 Å². The molecule has 3 aromatic rings. The quantitative estimate of drug-likeness (QED) is 0.356.